The summed E-state index contributed by atoms with van der Waals surface area (Å²) in [5, 5.41) is 0. The highest BCUT2D eigenvalue weighted by atomic mass is 16.1. The van der Waals surface area contributed by atoms with Gasteiger partial charge >= 0.3 is 0 Å². The highest BCUT2D eigenvalue weighted by Gasteiger charge is 2.12. The average Bonchev–Trinajstić information content (AvgIpc) is 2.29. The van der Waals surface area contributed by atoms with Gasteiger partial charge in [-0.1, -0.05) is 30.3 Å². The van der Waals surface area contributed by atoms with E-state index >= 15 is 0 Å². The molecule has 84 valence electrons. The second kappa shape index (κ2) is 6.85. The normalized spacial score (nSPS) is 11.8. The van der Waals surface area contributed by atoms with Gasteiger partial charge in [-0.3, -0.25) is 0 Å². The quantitative estimate of drug-likeness (QED) is 0.523. The van der Waals surface area contributed by atoms with Gasteiger partial charge in [0.2, 0.25) is 0 Å². The van der Waals surface area contributed by atoms with E-state index in [0.29, 0.717) is 12.3 Å². The van der Waals surface area contributed by atoms with Gasteiger partial charge in [0.25, 0.3) is 0 Å². The lowest BCUT2D eigenvalue weighted by atomic mass is 9.89. The van der Waals surface area contributed by atoms with Crippen LogP contribution in [0.4, 0.5) is 0 Å². The minimum atomic E-state index is 0.245. The maximum Gasteiger partial charge on any atom is 0.130 e. The zero-order valence-electron chi connectivity index (χ0n) is 9.78. The van der Waals surface area contributed by atoms with Crippen LogP contribution in [0.2, 0.25) is 0 Å². The molecule has 1 atom stereocenters. The molecular weight excluding hydrogens is 196 g/mol. The van der Waals surface area contributed by atoms with E-state index in [9.17, 15) is 4.79 Å². The Morgan fingerprint density at radius 2 is 2.06 bits per heavy atom. The molecule has 0 saturated carbocycles. The van der Waals surface area contributed by atoms with Crippen molar-refractivity contribution in [2.24, 2.45) is 0 Å². The van der Waals surface area contributed by atoms with E-state index in [1.807, 2.05) is 18.2 Å². The van der Waals surface area contributed by atoms with Crippen LogP contribution >= 0.6 is 0 Å². The van der Waals surface area contributed by atoms with Crippen LogP contribution in [0.1, 0.15) is 44.1 Å². The number of hydrogen-bond acceptors (Lipinski definition) is 1. The van der Waals surface area contributed by atoms with E-state index in [0.717, 1.165) is 19.3 Å². The van der Waals surface area contributed by atoms with Crippen LogP contribution in [0.25, 0.3) is 0 Å². The Kier molecular flexibility index (Phi) is 5.36. The third kappa shape index (κ3) is 4.31. The minimum Gasteiger partial charge on any atom is -0.300 e. The van der Waals surface area contributed by atoms with Crippen molar-refractivity contribution in [3.05, 3.63) is 35.9 Å². The van der Waals surface area contributed by atoms with E-state index < -0.39 is 0 Å². The molecule has 1 unspecified atom stereocenters. The van der Waals surface area contributed by atoms with Gasteiger partial charge < -0.3 is 4.79 Å². The predicted molar refractivity (Wildman–Crippen MR) is 67.2 cm³/mol. The summed E-state index contributed by atoms with van der Waals surface area (Å²) in [5.41, 5.74) is 1.25. The van der Waals surface area contributed by atoms with Crippen LogP contribution in [-0.4, -0.2) is 5.78 Å². The maximum atomic E-state index is 11.2. The molecule has 0 saturated heterocycles. The number of terminal acetylenes is 1. The highest BCUT2D eigenvalue weighted by Crippen LogP contribution is 2.25. The Balaban J connectivity index is 2.64. The van der Waals surface area contributed by atoms with Crippen molar-refractivity contribution in [2.75, 3.05) is 0 Å². The molecule has 1 nitrogen and oxygen atoms in total. The molecule has 0 aliphatic carbocycles. The second-order valence-corrected chi connectivity index (χ2v) is 4.11. The van der Waals surface area contributed by atoms with Crippen molar-refractivity contribution >= 4 is 5.78 Å². The first-order valence-corrected chi connectivity index (χ1v) is 5.72. The van der Waals surface area contributed by atoms with Gasteiger partial charge in [0, 0.05) is 12.8 Å². The van der Waals surface area contributed by atoms with E-state index in [4.69, 9.17) is 6.42 Å². The lowest BCUT2D eigenvalue weighted by Gasteiger charge is -2.15. The van der Waals surface area contributed by atoms with Gasteiger partial charge in [-0.05, 0) is 31.2 Å². The van der Waals surface area contributed by atoms with Crippen molar-refractivity contribution in [2.45, 2.75) is 38.5 Å². The SMILES string of the molecule is C#CCCCC(CC(C)=O)c1ccccc1. The number of hydrogen-bond donors (Lipinski definition) is 0. The van der Waals surface area contributed by atoms with Crippen molar-refractivity contribution in [3.63, 3.8) is 0 Å². The first-order chi connectivity index (χ1) is 7.74. The number of ketones is 1. The van der Waals surface area contributed by atoms with Crippen molar-refractivity contribution in [3.8, 4) is 12.3 Å². The molecule has 0 aliphatic heterocycles. The molecule has 1 aromatic rings. The smallest absolute Gasteiger partial charge is 0.130 e. The Labute approximate surface area is 97.9 Å². The number of benzene rings is 1. The fraction of sp³-hybridized carbons (Fsp3) is 0.400. The summed E-state index contributed by atoms with van der Waals surface area (Å²) < 4.78 is 0. The van der Waals surface area contributed by atoms with Crippen LogP contribution in [0, 0.1) is 12.3 Å². The average molecular weight is 214 g/mol. The van der Waals surface area contributed by atoms with E-state index in [1.165, 1.54) is 5.56 Å². The van der Waals surface area contributed by atoms with E-state index in [-0.39, 0.29) is 5.78 Å². The van der Waals surface area contributed by atoms with Gasteiger partial charge in [0.05, 0.1) is 0 Å². The molecule has 0 aliphatic rings. The molecule has 0 N–H and O–H groups in total. The number of carbonyl (C=O) groups excluding carboxylic acids is 1. The summed E-state index contributed by atoms with van der Waals surface area (Å²) in [6, 6.07) is 10.2. The van der Waals surface area contributed by atoms with Gasteiger partial charge in [-0.2, -0.15) is 0 Å². The first kappa shape index (κ1) is 12.5. The Morgan fingerprint density at radius 1 is 1.38 bits per heavy atom. The predicted octanol–water partition coefficient (Wildman–Crippen LogP) is 3.55. The molecule has 0 fully saturated rings. The Morgan fingerprint density at radius 3 is 2.62 bits per heavy atom. The summed E-state index contributed by atoms with van der Waals surface area (Å²) >= 11 is 0. The maximum absolute atomic E-state index is 11.2. The summed E-state index contributed by atoms with van der Waals surface area (Å²) in [6.45, 7) is 1.65. The number of unbranched alkanes of at least 4 members (excludes halogenated alkanes) is 1. The topological polar surface area (TPSA) is 17.1 Å². The van der Waals surface area contributed by atoms with Gasteiger partial charge in [-0.15, -0.1) is 12.3 Å². The zero-order chi connectivity index (χ0) is 11.8. The molecule has 1 rings (SSSR count). The molecule has 0 aromatic heterocycles. The molecule has 0 heterocycles. The van der Waals surface area contributed by atoms with Crippen molar-refractivity contribution in [1.82, 2.24) is 0 Å². The zero-order valence-corrected chi connectivity index (χ0v) is 9.78. The highest BCUT2D eigenvalue weighted by molar-refractivity contribution is 5.76. The second-order valence-electron chi connectivity index (χ2n) is 4.11. The lowest BCUT2D eigenvalue weighted by Crippen LogP contribution is -2.04. The van der Waals surface area contributed by atoms with Crippen LogP contribution < -0.4 is 0 Å². The largest absolute Gasteiger partial charge is 0.300 e. The number of rotatable bonds is 6. The summed E-state index contributed by atoms with van der Waals surface area (Å²) in [7, 11) is 0. The van der Waals surface area contributed by atoms with Gasteiger partial charge in [0.15, 0.2) is 0 Å². The molecule has 1 aromatic carbocycles. The molecule has 0 spiro atoms. The minimum absolute atomic E-state index is 0.245. The lowest BCUT2D eigenvalue weighted by molar-refractivity contribution is -0.117. The van der Waals surface area contributed by atoms with Gasteiger partial charge in [0.1, 0.15) is 5.78 Å². The van der Waals surface area contributed by atoms with Crippen molar-refractivity contribution in [1.29, 1.82) is 0 Å². The van der Waals surface area contributed by atoms with Gasteiger partial charge in [-0.25, -0.2) is 0 Å². The van der Waals surface area contributed by atoms with Crippen LogP contribution in [-0.2, 0) is 4.79 Å². The van der Waals surface area contributed by atoms with Crippen LogP contribution in [0.5, 0.6) is 0 Å². The summed E-state index contributed by atoms with van der Waals surface area (Å²) in [6.07, 6.45) is 8.63. The molecule has 16 heavy (non-hydrogen) atoms. The van der Waals surface area contributed by atoms with Crippen molar-refractivity contribution < 1.29 is 4.79 Å². The number of Topliss-reactive ketones (excluding diaryl/α,β-unsaturated/α-hetero) is 1. The standard InChI is InChI=1S/C15H18O/c1-3-4-6-11-15(12-13(2)16)14-9-7-5-8-10-14/h1,5,7-10,15H,4,6,11-12H2,2H3. The van der Waals surface area contributed by atoms with E-state index in [2.05, 4.69) is 18.1 Å². The summed E-state index contributed by atoms with van der Waals surface area (Å²) in [5.74, 6) is 3.21. The first-order valence-electron chi connectivity index (χ1n) is 5.72. The van der Waals surface area contributed by atoms with Crippen LogP contribution in [0.3, 0.4) is 0 Å². The fourth-order valence-electron chi connectivity index (χ4n) is 1.91. The molecule has 0 radical (unpaired) electrons. The Bertz CT molecular complexity index is 359. The monoisotopic (exact) mass is 214 g/mol. The molecule has 1 heteroatoms. The molecular formula is C15H18O. The van der Waals surface area contributed by atoms with Crippen LogP contribution in [0.15, 0.2) is 30.3 Å². The number of carbonyl (C=O) groups is 1. The molecule has 0 bridgehead atoms. The third-order valence-electron chi connectivity index (χ3n) is 2.68. The summed E-state index contributed by atoms with van der Waals surface area (Å²) in [4.78, 5) is 11.2. The fourth-order valence-corrected chi connectivity index (χ4v) is 1.91. The van der Waals surface area contributed by atoms with E-state index in [1.54, 1.807) is 6.92 Å². The molecule has 0 amide bonds. The third-order valence-corrected chi connectivity index (χ3v) is 2.68. The Hall–Kier alpha value is -1.55.